The predicted molar refractivity (Wildman–Crippen MR) is 116 cm³/mol. The highest BCUT2D eigenvalue weighted by atomic mass is 35.5. The predicted octanol–water partition coefficient (Wildman–Crippen LogP) is 4.75. The van der Waals surface area contributed by atoms with Crippen LogP contribution in [0.5, 0.6) is 0 Å². The van der Waals surface area contributed by atoms with Gasteiger partial charge in [0.2, 0.25) is 0 Å². The van der Waals surface area contributed by atoms with Crippen LogP contribution in [-0.2, 0) is 0 Å². The average molecular weight is 436 g/mol. The maximum Gasteiger partial charge on any atom is 0.274 e. The lowest BCUT2D eigenvalue weighted by atomic mass is 9.76. The van der Waals surface area contributed by atoms with Crippen LogP contribution in [-0.4, -0.2) is 35.9 Å². The third-order valence-corrected chi connectivity index (χ3v) is 5.67. The molecule has 2 aromatic rings. The van der Waals surface area contributed by atoms with E-state index in [0.29, 0.717) is 5.56 Å². The van der Waals surface area contributed by atoms with Gasteiger partial charge in [-0.15, -0.1) is 12.4 Å². The van der Waals surface area contributed by atoms with Crippen LogP contribution in [0.3, 0.4) is 0 Å². The van der Waals surface area contributed by atoms with E-state index in [1.807, 2.05) is 19.0 Å². The molecule has 0 bridgehead atoms. The average Bonchev–Trinajstić information content (AvgIpc) is 2.69. The minimum Gasteiger partial charge on any atom is -0.349 e. The van der Waals surface area contributed by atoms with E-state index in [9.17, 15) is 19.3 Å². The van der Waals surface area contributed by atoms with Gasteiger partial charge in [0.1, 0.15) is 5.82 Å². The van der Waals surface area contributed by atoms with Crippen molar-refractivity contribution in [3.05, 3.63) is 75.6 Å². The maximum absolute atomic E-state index is 14.0. The van der Waals surface area contributed by atoms with E-state index in [-0.39, 0.29) is 46.6 Å². The van der Waals surface area contributed by atoms with E-state index >= 15 is 0 Å². The second-order valence-corrected chi connectivity index (χ2v) is 7.73. The van der Waals surface area contributed by atoms with Gasteiger partial charge in [0, 0.05) is 23.7 Å². The summed E-state index contributed by atoms with van der Waals surface area (Å²) in [5.74, 6) is -1.02. The molecule has 8 heteroatoms. The minimum absolute atomic E-state index is 0. The molecule has 30 heavy (non-hydrogen) atoms. The lowest BCUT2D eigenvalue weighted by Gasteiger charge is -2.40. The molecule has 3 rings (SSSR count). The molecule has 0 saturated heterocycles. The van der Waals surface area contributed by atoms with E-state index in [0.717, 1.165) is 25.7 Å². The van der Waals surface area contributed by atoms with Crippen LogP contribution in [0.4, 0.5) is 10.1 Å². The van der Waals surface area contributed by atoms with Gasteiger partial charge in [0.15, 0.2) is 0 Å². The number of hydrogen-bond acceptors (Lipinski definition) is 4. The summed E-state index contributed by atoms with van der Waals surface area (Å²) in [5.41, 5.74) is 0.736. The Kier molecular flexibility index (Phi) is 8.32. The quantitative estimate of drug-likeness (QED) is 0.525. The van der Waals surface area contributed by atoms with Gasteiger partial charge in [-0.1, -0.05) is 43.2 Å². The first-order chi connectivity index (χ1) is 13.9. The Hall–Kier alpha value is -2.51. The molecule has 1 aliphatic carbocycles. The zero-order valence-corrected chi connectivity index (χ0v) is 17.9. The number of nitrogens with one attached hydrogen (secondary N) is 1. The molecule has 6 nitrogen and oxygen atoms in total. The summed E-state index contributed by atoms with van der Waals surface area (Å²) in [4.78, 5) is 25.9. The van der Waals surface area contributed by atoms with Crippen molar-refractivity contribution in [3.63, 3.8) is 0 Å². The van der Waals surface area contributed by atoms with Crippen molar-refractivity contribution in [2.45, 2.75) is 37.8 Å². The van der Waals surface area contributed by atoms with Crippen molar-refractivity contribution < 1.29 is 14.1 Å². The number of carbonyl (C=O) groups is 1. The van der Waals surface area contributed by atoms with Gasteiger partial charge in [-0.2, -0.15) is 0 Å². The first kappa shape index (κ1) is 23.8. The zero-order chi connectivity index (χ0) is 21.0. The Balaban J connectivity index is 0.00000320. The summed E-state index contributed by atoms with van der Waals surface area (Å²) < 4.78 is 14.0. The monoisotopic (exact) mass is 435 g/mol. The third-order valence-electron chi connectivity index (χ3n) is 5.67. The van der Waals surface area contributed by atoms with Crippen molar-refractivity contribution in [2.75, 3.05) is 14.1 Å². The Labute approximate surface area is 182 Å². The fourth-order valence-electron chi connectivity index (χ4n) is 4.40. The molecule has 0 spiro atoms. The standard InChI is InChI=1S/C22H26FN3O3.ClH/c1-25(2)21(17-11-5-8-14-20(17)26(28)29)16-10-4-7-13-19(16)24-22(27)15-9-3-6-12-18(15)23;/h3,5-6,8-9,11-12,14,16,19,21H,4,7,10,13H2,1-2H3,(H,24,27);1H. The number of nitrogens with zero attached hydrogens (tertiary/aromatic N) is 2. The SMILES string of the molecule is CN(C)C(c1ccccc1[N+](=O)[O-])C1CCCCC1NC(=O)c1ccccc1F.Cl. The third kappa shape index (κ3) is 5.15. The molecule has 1 saturated carbocycles. The van der Waals surface area contributed by atoms with Gasteiger partial charge >= 0.3 is 0 Å². The summed E-state index contributed by atoms with van der Waals surface area (Å²) in [6.45, 7) is 0. The van der Waals surface area contributed by atoms with Crippen LogP contribution in [0, 0.1) is 21.8 Å². The molecule has 162 valence electrons. The molecule has 3 unspecified atom stereocenters. The Bertz CT molecular complexity index is 893. The zero-order valence-electron chi connectivity index (χ0n) is 17.1. The van der Waals surface area contributed by atoms with Gasteiger partial charge in [0.25, 0.3) is 11.6 Å². The molecular weight excluding hydrogens is 409 g/mol. The molecule has 0 heterocycles. The van der Waals surface area contributed by atoms with E-state index in [1.165, 1.54) is 18.2 Å². The van der Waals surface area contributed by atoms with Crippen LogP contribution in [0.15, 0.2) is 48.5 Å². The highest BCUT2D eigenvalue weighted by Crippen LogP contribution is 2.40. The summed E-state index contributed by atoms with van der Waals surface area (Å²) in [7, 11) is 3.79. The maximum atomic E-state index is 14.0. The van der Waals surface area contributed by atoms with Crippen LogP contribution >= 0.6 is 12.4 Å². The van der Waals surface area contributed by atoms with Gasteiger partial charge in [0.05, 0.1) is 10.5 Å². The minimum atomic E-state index is -0.555. The van der Waals surface area contributed by atoms with Gasteiger partial charge in [-0.3, -0.25) is 14.9 Å². The molecule has 3 atom stereocenters. The van der Waals surface area contributed by atoms with Gasteiger partial charge < -0.3 is 10.2 Å². The molecule has 0 aliphatic heterocycles. The van der Waals surface area contributed by atoms with Crippen LogP contribution in [0.25, 0.3) is 0 Å². The molecule has 1 amide bonds. The molecule has 0 radical (unpaired) electrons. The Morgan fingerprint density at radius 2 is 1.77 bits per heavy atom. The van der Waals surface area contributed by atoms with Crippen molar-refractivity contribution in [2.24, 2.45) is 5.92 Å². The molecular formula is C22H27ClFN3O3. The number of rotatable bonds is 6. The Morgan fingerprint density at radius 3 is 2.43 bits per heavy atom. The first-order valence-electron chi connectivity index (χ1n) is 9.85. The molecule has 2 aromatic carbocycles. The number of amides is 1. The first-order valence-corrected chi connectivity index (χ1v) is 9.85. The molecule has 1 N–H and O–H groups in total. The highest BCUT2D eigenvalue weighted by molar-refractivity contribution is 5.94. The number of carbonyl (C=O) groups excluding carboxylic acids is 1. The number of para-hydroxylation sites is 1. The summed E-state index contributed by atoms with van der Waals surface area (Å²) in [6.07, 6.45) is 3.53. The van der Waals surface area contributed by atoms with Crippen LogP contribution < -0.4 is 5.32 Å². The number of nitro groups is 1. The number of hydrogen-bond donors (Lipinski definition) is 1. The van der Waals surface area contributed by atoms with E-state index in [4.69, 9.17) is 0 Å². The van der Waals surface area contributed by atoms with E-state index < -0.39 is 11.7 Å². The molecule has 0 aromatic heterocycles. The number of nitro benzene ring substituents is 1. The van der Waals surface area contributed by atoms with Crippen molar-refractivity contribution in [1.29, 1.82) is 0 Å². The lowest BCUT2D eigenvalue weighted by molar-refractivity contribution is -0.386. The molecule has 1 fully saturated rings. The molecule has 1 aliphatic rings. The summed E-state index contributed by atoms with van der Waals surface area (Å²) >= 11 is 0. The van der Waals surface area contributed by atoms with Crippen molar-refractivity contribution in [1.82, 2.24) is 10.2 Å². The summed E-state index contributed by atoms with van der Waals surface area (Å²) in [6, 6.07) is 12.2. The topological polar surface area (TPSA) is 75.5 Å². The number of benzene rings is 2. The van der Waals surface area contributed by atoms with Crippen LogP contribution in [0.1, 0.15) is 47.6 Å². The fourth-order valence-corrected chi connectivity index (χ4v) is 4.40. The smallest absolute Gasteiger partial charge is 0.274 e. The largest absolute Gasteiger partial charge is 0.349 e. The lowest BCUT2D eigenvalue weighted by Crippen LogP contribution is -2.47. The normalized spacial score (nSPS) is 19.6. The van der Waals surface area contributed by atoms with Gasteiger partial charge in [-0.25, -0.2) is 4.39 Å². The second-order valence-electron chi connectivity index (χ2n) is 7.73. The van der Waals surface area contributed by atoms with Gasteiger partial charge in [-0.05, 0) is 45.0 Å². The van der Waals surface area contributed by atoms with E-state index in [2.05, 4.69) is 5.32 Å². The van der Waals surface area contributed by atoms with Crippen molar-refractivity contribution in [3.8, 4) is 0 Å². The fraction of sp³-hybridized carbons (Fsp3) is 0.409. The Morgan fingerprint density at radius 1 is 1.13 bits per heavy atom. The number of halogens is 2. The van der Waals surface area contributed by atoms with E-state index in [1.54, 1.807) is 30.3 Å². The highest BCUT2D eigenvalue weighted by Gasteiger charge is 2.37. The van der Waals surface area contributed by atoms with Crippen molar-refractivity contribution >= 4 is 24.0 Å². The van der Waals surface area contributed by atoms with Crippen LogP contribution in [0.2, 0.25) is 0 Å². The second kappa shape index (κ2) is 10.5. The summed E-state index contributed by atoms with van der Waals surface area (Å²) in [5, 5.41) is 14.6.